The van der Waals surface area contributed by atoms with Gasteiger partial charge < -0.3 is 9.84 Å². The molecule has 3 aromatic rings. The highest BCUT2D eigenvalue weighted by atomic mass is 19.4. The number of ether oxygens (including phenoxy) is 1. The first-order chi connectivity index (χ1) is 13.7. The van der Waals surface area contributed by atoms with Gasteiger partial charge in [0.15, 0.2) is 5.78 Å². The molecule has 1 aliphatic carbocycles. The maximum atomic E-state index is 11.6. The third-order valence-electron chi connectivity index (χ3n) is 4.25. The van der Waals surface area contributed by atoms with Gasteiger partial charge in [-0.2, -0.15) is 5.10 Å². The first-order valence-corrected chi connectivity index (χ1v) is 9.14. The number of benzene rings is 1. The van der Waals surface area contributed by atoms with Crippen LogP contribution in [0.1, 0.15) is 43.5 Å². The average Bonchev–Trinajstić information content (AvgIpc) is 3.04. The summed E-state index contributed by atoms with van der Waals surface area (Å²) in [7, 11) is 0. The van der Waals surface area contributed by atoms with Gasteiger partial charge in [0.05, 0.1) is 17.3 Å². The minimum atomic E-state index is -4.71. The molecule has 0 unspecified atom stereocenters. The fourth-order valence-corrected chi connectivity index (χ4v) is 2.50. The number of halogens is 3. The fraction of sp³-hybridized carbons (Fsp3) is 0.333. The second-order valence-electron chi connectivity index (χ2n) is 6.73. The Hall–Kier alpha value is -3.03. The quantitative estimate of drug-likeness (QED) is 0.558. The van der Waals surface area contributed by atoms with E-state index < -0.39 is 12.1 Å². The summed E-state index contributed by atoms with van der Waals surface area (Å²) in [5.74, 6) is 0.422. The number of alkyl halides is 3. The van der Waals surface area contributed by atoms with E-state index in [-0.39, 0.29) is 11.5 Å². The van der Waals surface area contributed by atoms with Crippen LogP contribution in [0.4, 0.5) is 13.2 Å². The Labute approximate surface area is 166 Å². The van der Waals surface area contributed by atoms with Crippen LogP contribution in [-0.4, -0.2) is 26.9 Å². The molecule has 0 radical (unpaired) electrons. The van der Waals surface area contributed by atoms with Crippen molar-refractivity contribution < 1.29 is 27.8 Å². The molecular formula is C21H23F3N2O3. The Morgan fingerprint density at radius 3 is 2.41 bits per heavy atom. The Morgan fingerprint density at radius 1 is 1.21 bits per heavy atom. The Balaban J connectivity index is 0.000000168. The zero-order valence-corrected chi connectivity index (χ0v) is 16.2. The lowest BCUT2D eigenvalue weighted by molar-refractivity contribution is -0.274. The van der Waals surface area contributed by atoms with Crippen LogP contribution < -0.4 is 4.74 Å². The number of carbonyl (C=O) groups excluding carboxylic acids is 1. The zero-order valence-electron chi connectivity index (χ0n) is 16.2. The van der Waals surface area contributed by atoms with Gasteiger partial charge in [-0.3, -0.25) is 4.79 Å². The van der Waals surface area contributed by atoms with E-state index in [0.717, 1.165) is 23.6 Å². The van der Waals surface area contributed by atoms with Crippen LogP contribution in [0.25, 0.3) is 5.52 Å². The molecular weight excluding hydrogens is 385 g/mol. The van der Waals surface area contributed by atoms with Gasteiger partial charge in [0.2, 0.25) is 0 Å². The van der Waals surface area contributed by atoms with Crippen LogP contribution in [-0.2, 0) is 0 Å². The van der Waals surface area contributed by atoms with Crippen molar-refractivity contribution in [2.75, 3.05) is 0 Å². The predicted octanol–water partition coefficient (Wildman–Crippen LogP) is 5.63. The van der Waals surface area contributed by atoms with Crippen molar-refractivity contribution in [2.45, 2.75) is 39.5 Å². The standard InChI is InChI=1S/C9H8N2O.C7H5F3O2.C5H10/c1-7(12)8-6-10-11-5-3-2-4-9(8)11;8-7(9,10)12-6-3-1-2-5(11)4-6;1-5-3-2-4-5/h2-6H,1H3;1-4,11H;5H,2-4H2,1H3. The number of aromatic hydroxyl groups is 1. The normalized spacial score (nSPS) is 13.4. The van der Waals surface area contributed by atoms with Crippen molar-refractivity contribution in [1.82, 2.24) is 9.61 Å². The Kier molecular flexibility index (Phi) is 7.64. The number of nitrogens with zero attached hydrogens (tertiary/aromatic N) is 2. The molecule has 1 N–H and O–H groups in total. The summed E-state index contributed by atoms with van der Waals surface area (Å²) in [5, 5.41) is 12.8. The van der Waals surface area contributed by atoms with Crippen LogP contribution in [0.3, 0.4) is 0 Å². The van der Waals surface area contributed by atoms with Crippen LogP contribution >= 0.6 is 0 Å². The second-order valence-corrected chi connectivity index (χ2v) is 6.73. The number of Topliss-reactive ketones (excluding diaryl/α,β-unsaturated/α-hetero) is 1. The van der Waals surface area contributed by atoms with E-state index in [1.165, 1.54) is 31.4 Å². The molecule has 0 bridgehead atoms. The smallest absolute Gasteiger partial charge is 0.508 e. The summed E-state index contributed by atoms with van der Waals surface area (Å²) >= 11 is 0. The third kappa shape index (κ3) is 7.48. The number of aromatic nitrogens is 2. The number of pyridine rings is 1. The predicted molar refractivity (Wildman–Crippen MR) is 103 cm³/mol. The minimum Gasteiger partial charge on any atom is -0.508 e. The van der Waals surface area contributed by atoms with Crippen molar-refractivity contribution in [3.8, 4) is 11.5 Å². The molecule has 2 heterocycles. The molecule has 1 aliphatic rings. The molecule has 0 spiro atoms. The van der Waals surface area contributed by atoms with Gasteiger partial charge in [0.1, 0.15) is 11.5 Å². The van der Waals surface area contributed by atoms with E-state index in [2.05, 4.69) is 16.8 Å². The van der Waals surface area contributed by atoms with Crippen molar-refractivity contribution in [1.29, 1.82) is 0 Å². The number of ketones is 1. The van der Waals surface area contributed by atoms with Gasteiger partial charge in [-0.05, 0) is 37.1 Å². The molecule has 1 aromatic carbocycles. The number of phenols is 1. The fourth-order valence-electron chi connectivity index (χ4n) is 2.50. The molecule has 0 aliphatic heterocycles. The molecule has 1 saturated carbocycles. The third-order valence-corrected chi connectivity index (χ3v) is 4.25. The number of fused-ring (bicyclic) bond motifs is 1. The number of rotatable bonds is 2. The second kappa shape index (κ2) is 9.95. The molecule has 4 rings (SSSR count). The van der Waals surface area contributed by atoms with E-state index in [1.807, 2.05) is 24.4 Å². The van der Waals surface area contributed by atoms with Gasteiger partial charge >= 0.3 is 6.36 Å². The van der Waals surface area contributed by atoms with Crippen LogP contribution in [0.2, 0.25) is 0 Å². The lowest BCUT2D eigenvalue weighted by Gasteiger charge is -2.18. The molecule has 8 heteroatoms. The van der Waals surface area contributed by atoms with E-state index in [1.54, 1.807) is 17.6 Å². The van der Waals surface area contributed by atoms with Gasteiger partial charge in [0, 0.05) is 12.3 Å². The van der Waals surface area contributed by atoms with Crippen molar-refractivity contribution in [3.05, 3.63) is 60.4 Å². The van der Waals surface area contributed by atoms with E-state index in [4.69, 9.17) is 5.11 Å². The van der Waals surface area contributed by atoms with Crippen molar-refractivity contribution in [3.63, 3.8) is 0 Å². The summed E-state index contributed by atoms with van der Waals surface area (Å²) < 4.78 is 39.9. The number of phenolic OH excluding ortho intramolecular Hbond substituents is 1. The van der Waals surface area contributed by atoms with Crippen LogP contribution in [0.5, 0.6) is 11.5 Å². The minimum absolute atomic E-state index is 0.0520. The molecule has 29 heavy (non-hydrogen) atoms. The van der Waals surface area contributed by atoms with E-state index in [0.29, 0.717) is 5.56 Å². The molecule has 5 nitrogen and oxygen atoms in total. The molecule has 0 atom stereocenters. The maximum absolute atomic E-state index is 11.6. The van der Waals surface area contributed by atoms with Crippen LogP contribution in [0.15, 0.2) is 54.9 Å². The highest BCUT2D eigenvalue weighted by Gasteiger charge is 2.31. The van der Waals surface area contributed by atoms with Gasteiger partial charge in [-0.15, -0.1) is 13.2 Å². The van der Waals surface area contributed by atoms with E-state index >= 15 is 0 Å². The summed E-state index contributed by atoms with van der Waals surface area (Å²) in [6.07, 6.45) is 3.16. The number of carbonyl (C=O) groups is 1. The van der Waals surface area contributed by atoms with E-state index in [9.17, 15) is 18.0 Å². The summed E-state index contributed by atoms with van der Waals surface area (Å²) in [4.78, 5) is 11.1. The van der Waals surface area contributed by atoms with Gasteiger partial charge in [-0.1, -0.05) is 38.3 Å². The number of hydrogen-bond acceptors (Lipinski definition) is 4. The lowest BCUT2D eigenvalue weighted by atomic mass is 9.88. The molecule has 0 saturated heterocycles. The highest BCUT2D eigenvalue weighted by molar-refractivity contribution is 6.00. The largest absolute Gasteiger partial charge is 0.573 e. The SMILES string of the molecule is CC(=O)c1cnn2ccccc12.CC1CCC1.Oc1cccc(OC(F)(F)F)c1. The first-order valence-electron chi connectivity index (χ1n) is 9.14. The molecule has 2 aromatic heterocycles. The lowest BCUT2D eigenvalue weighted by Crippen LogP contribution is -2.16. The Morgan fingerprint density at radius 2 is 1.90 bits per heavy atom. The first kappa shape index (κ1) is 22.3. The average molecular weight is 408 g/mol. The van der Waals surface area contributed by atoms with Gasteiger partial charge in [0.25, 0.3) is 0 Å². The van der Waals surface area contributed by atoms with Crippen LogP contribution in [0, 0.1) is 5.92 Å². The molecule has 156 valence electrons. The van der Waals surface area contributed by atoms with Crippen molar-refractivity contribution >= 4 is 11.3 Å². The van der Waals surface area contributed by atoms with Crippen molar-refractivity contribution in [2.24, 2.45) is 5.92 Å². The van der Waals surface area contributed by atoms with Gasteiger partial charge in [-0.25, -0.2) is 4.52 Å². The monoisotopic (exact) mass is 408 g/mol. The highest BCUT2D eigenvalue weighted by Crippen LogP contribution is 2.25. The zero-order chi connectivity index (χ0) is 21.4. The molecule has 0 amide bonds. The maximum Gasteiger partial charge on any atom is 0.573 e. The molecule has 1 fully saturated rings. The summed E-state index contributed by atoms with van der Waals surface area (Å²) in [6, 6.07) is 10.2. The topological polar surface area (TPSA) is 63.8 Å². The Bertz CT molecular complexity index is 934. The summed E-state index contributed by atoms with van der Waals surface area (Å²) in [6.45, 7) is 3.85. The number of hydrogen-bond donors (Lipinski definition) is 1. The summed E-state index contributed by atoms with van der Waals surface area (Å²) in [5.41, 5.74) is 1.54.